The van der Waals surface area contributed by atoms with E-state index < -0.39 is 11.8 Å². The number of quaternary nitrogens is 1. The molecule has 0 bridgehead atoms. The van der Waals surface area contributed by atoms with E-state index in [2.05, 4.69) is 4.98 Å². The number of rotatable bonds is 8. The summed E-state index contributed by atoms with van der Waals surface area (Å²) in [4.78, 5) is 28.9. The van der Waals surface area contributed by atoms with Crippen molar-refractivity contribution in [1.82, 2.24) is 18.7 Å². The maximum atomic E-state index is 12.6. The molecule has 9 nitrogen and oxygen atoms in total. The van der Waals surface area contributed by atoms with E-state index in [9.17, 15) is 14.7 Å². The van der Waals surface area contributed by atoms with E-state index in [0.29, 0.717) is 24.3 Å². The number of halogens is 1. The molecule has 3 N–H and O–H groups in total. The van der Waals surface area contributed by atoms with Crippen LogP contribution < -0.4 is 33.7 Å². The van der Waals surface area contributed by atoms with Crippen molar-refractivity contribution in [3.63, 3.8) is 0 Å². The maximum absolute atomic E-state index is 12.6. The van der Waals surface area contributed by atoms with Crippen molar-refractivity contribution >= 4 is 21.9 Å². The molecule has 0 saturated carbocycles. The Kier molecular flexibility index (Phi) is 7.57. The van der Waals surface area contributed by atoms with Crippen LogP contribution in [0.4, 0.5) is 0 Å². The molecule has 176 valence electrons. The molecule has 0 aliphatic rings. The van der Waals surface area contributed by atoms with E-state index in [0.717, 1.165) is 21.1 Å². The number of nitrogens with zero attached hydrogens (tertiary/aromatic N) is 4. The van der Waals surface area contributed by atoms with Crippen LogP contribution in [0.15, 0.2) is 58.4 Å². The number of fused-ring (bicyclic) bond motifs is 2. The Labute approximate surface area is 196 Å². The second kappa shape index (κ2) is 10.2. The Morgan fingerprint density at radius 1 is 1.09 bits per heavy atom. The first-order valence-electron chi connectivity index (χ1n) is 10.6. The Morgan fingerprint density at radius 3 is 2.61 bits per heavy atom. The predicted octanol–water partition coefficient (Wildman–Crippen LogP) is -3.02. The van der Waals surface area contributed by atoms with Gasteiger partial charge < -0.3 is 32.1 Å². The smallest absolute Gasteiger partial charge is 0.332 e. The zero-order valence-corrected chi connectivity index (χ0v) is 19.6. The summed E-state index contributed by atoms with van der Waals surface area (Å²) in [5, 5.41) is 14.5. The van der Waals surface area contributed by atoms with E-state index in [1.807, 2.05) is 54.7 Å². The Bertz CT molecular complexity index is 1370. The summed E-state index contributed by atoms with van der Waals surface area (Å²) in [6, 6.07) is 13.9. The van der Waals surface area contributed by atoms with Gasteiger partial charge in [0.15, 0.2) is 11.2 Å². The summed E-state index contributed by atoms with van der Waals surface area (Å²) in [5.41, 5.74) is 0.00140. The van der Waals surface area contributed by atoms with Crippen molar-refractivity contribution in [2.75, 3.05) is 13.2 Å². The summed E-state index contributed by atoms with van der Waals surface area (Å²) >= 11 is 0. The number of aliphatic hydroxyl groups excluding tert-OH is 1. The number of aromatic nitrogens is 4. The standard InChI is InChI=1S/C23H27N5O4.ClH/c1-15(12-28-14-25-21-20(28)22(30)27(3)23(31)26(21)2)24-11-17(29)13-32-19-10-6-8-16-7-4-5-9-18(16)19;/h4-10,14-15,17,24,29H,11-13H2,1-3H3;1H. The summed E-state index contributed by atoms with van der Waals surface area (Å²) in [6.07, 6.45) is 0.931. The molecule has 2 atom stereocenters. The number of hydrogen-bond donors (Lipinski definition) is 2. The first-order chi connectivity index (χ1) is 15.4. The summed E-state index contributed by atoms with van der Waals surface area (Å²) in [7, 11) is 3.06. The highest BCUT2D eigenvalue weighted by molar-refractivity contribution is 5.88. The Morgan fingerprint density at radius 2 is 1.82 bits per heavy atom. The fourth-order valence-corrected chi connectivity index (χ4v) is 3.89. The topological polar surface area (TPSA) is 108 Å². The molecule has 0 saturated heterocycles. The van der Waals surface area contributed by atoms with Crippen molar-refractivity contribution in [2.45, 2.75) is 25.6 Å². The third kappa shape index (κ3) is 4.95. The van der Waals surface area contributed by atoms with E-state index in [1.54, 1.807) is 17.9 Å². The van der Waals surface area contributed by atoms with Crippen LogP contribution >= 0.6 is 0 Å². The molecule has 0 aliphatic carbocycles. The van der Waals surface area contributed by atoms with Crippen molar-refractivity contribution < 1.29 is 27.6 Å². The Balaban J connectivity index is 0.00000306. The molecule has 0 fully saturated rings. The van der Waals surface area contributed by atoms with Gasteiger partial charge in [-0.25, -0.2) is 9.78 Å². The van der Waals surface area contributed by atoms with Gasteiger partial charge in [0, 0.05) is 19.5 Å². The van der Waals surface area contributed by atoms with E-state index in [-0.39, 0.29) is 30.6 Å². The molecule has 0 aliphatic heterocycles. The van der Waals surface area contributed by atoms with Crippen LogP contribution in [0.5, 0.6) is 5.75 Å². The third-order valence-electron chi connectivity index (χ3n) is 5.69. The first kappa shape index (κ1) is 24.5. The first-order valence-corrected chi connectivity index (χ1v) is 10.6. The predicted molar refractivity (Wildman–Crippen MR) is 122 cm³/mol. The molecule has 4 rings (SSSR count). The number of imidazole rings is 1. The molecule has 10 heteroatoms. The molecule has 2 unspecified atom stereocenters. The van der Waals surface area contributed by atoms with Crippen LogP contribution in [0.2, 0.25) is 0 Å². The fraction of sp³-hybridized carbons (Fsp3) is 0.348. The minimum absolute atomic E-state index is 0. The van der Waals surface area contributed by atoms with Crippen LogP contribution in [-0.4, -0.2) is 49.1 Å². The van der Waals surface area contributed by atoms with Gasteiger partial charge in [0.2, 0.25) is 0 Å². The lowest BCUT2D eigenvalue weighted by atomic mass is 10.1. The maximum Gasteiger partial charge on any atom is 0.332 e. The molecule has 2 aromatic carbocycles. The average Bonchev–Trinajstić information content (AvgIpc) is 3.22. The Hall–Kier alpha value is -3.14. The van der Waals surface area contributed by atoms with Crippen molar-refractivity contribution in [3.05, 3.63) is 69.6 Å². The van der Waals surface area contributed by atoms with Gasteiger partial charge in [-0.1, -0.05) is 36.4 Å². The number of ether oxygens (including phenoxy) is 1. The van der Waals surface area contributed by atoms with Gasteiger partial charge in [0.1, 0.15) is 31.0 Å². The zero-order valence-electron chi connectivity index (χ0n) is 18.8. The summed E-state index contributed by atoms with van der Waals surface area (Å²) < 4.78 is 10.1. The molecule has 33 heavy (non-hydrogen) atoms. The quantitative estimate of drug-likeness (QED) is 0.283. The number of aliphatic hydroxyl groups is 1. The average molecular weight is 474 g/mol. The zero-order chi connectivity index (χ0) is 22.8. The minimum atomic E-state index is -0.648. The largest absolute Gasteiger partial charge is 1.00 e. The van der Waals surface area contributed by atoms with Gasteiger partial charge in [-0.05, 0) is 18.4 Å². The summed E-state index contributed by atoms with van der Waals surface area (Å²) in [5.74, 6) is 0.751. The molecule has 2 heterocycles. The minimum Gasteiger partial charge on any atom is -1.00 e. The van der Waals surface area contributed by atoms with Crippen molar-refractivity contribution in [3.8, 4) is 5.75 Å². The van der Waals surface area contributed by atoms with E-state index in [1.165, 1.54) is 11.6 Å². The lowest BCUT2D eigenvalue weighted by Crippen LogP contribution is -3.00. The van der Waals surface area contributed by atoms with Gasteiger partial charge >= 0.3 is 5.69 Å². The second-order valence-corrected chi connectivity index (χ2v) is 8.17. The van der Waals surface area contributed by atoms with Gasteiger partial charge in [-0.15, -0.1) is 0 Å². The highest BCUT2D eigenvalue weighted by Gasteiger charge is 2.18. The highest BCUT2D eigenvalue weighted by Crippen LogP contribution is 2.25. The van der Waals surface area contributed by atoms with Crippen LogP contribution in [0.1, 0.15) is 6.92 Å². The molecule has 0 radical (unpaired) electrons. The molecular weight excluding hydrogens is 446 g/mol. The third-order valence-corrected chi connectivity index (χ3v) is 5.69. The van der Waals surface area contributed by atoms with Crippen molar-refractivity contribution in [1.29, 1.82) is 0 Å². The number of nitrogens with two attached hydrogens (primary N) is 1. The second-order valence-electron chi connectivity index (χ2n) is 8.17. The van der Waals surface area contributed by atoms with Crippen LogP contribution in [0, 0.1) is 0 Å². The van der Waals surface area contributed by atoms with Gasteiger partial charge in [0.05, 0.1) is 12.9 Å². The van der Waals surface area contributed by atoms with Crippen LogP contribution in [-0.2, 0) is 20.6 Å². The molecule has 0 amide bonds. The van der Waals surface area contributed by atoms with Gasteiger partial charge in [0.25, 0.3) is 5.56 Å². The number of benzene rings is 2. The SMILES string of the molecule is CC(Cn1cnc2c1c(=O)n(C)c(=O)n2C)[NH2+]CC(O)COc1cccc2ccccc12.[Cl-]. The monoisotopic (exact) mass is 473 g/mol. The number of aryl methyl sites for hydroxylation is 1. The van der Waals surface area contributed by atoms with E-state index in [4.69, 9.17) is 4.74 Å². The summed E-state index contributed by atoms with van der Waals surface area (Å²) in [6.45, 7) is 3.17. The van der Waals surface area contributed by atoms with Gasteiger partial charge in [-0.2, -0.15) is 0 Å². The molecule has 2 aromatic heterocycles. The molecule has 4 aromatic rings. The van der Waals surface area contributed by atoms with Crippen LogP contribution in [0.3, 0.4) is 0 Å². The molecular formula is C23H28ClN5O4. The van der Waals surface area contributed by atoms with Crippen LogP contribution in [0.25, 0.3) is 21.9 Å². The van der Waals surface area contributed by atoms with Gasteiger partial charge in [-0.3, -0.25) is 13.9 Å². The number of hydrogen-bond acceptors (Lipinski definition) is 5. The van der Waals surface area contributed by atoms with E-state index >= 15 is 0 Å². The normalized spacial score (nSPS) is 13.1. The fourth-order valence-electron chi connectivity index (χ4n) is 3.89. The molecule has 0 spiro atoms. The lowest BCUT2D eigenvalue weighted by Gasteiger charge is -2.16. The highest BCUT2D eigenvalue weighted by atomic mass is 35.5. The lowest BCUT2D eigenvalue weighted by molar-refractivity contribution is -0.693. The van der Waals surface area contributed by atoms with Crippen molar-refractivity contribution in [2.24, 2.45) is 14.1 Å².